The van der Waals surface area contributed by atoms with Crippen LogP contribution < -0.4 is 10.9 Å². The Hall–Kier alpha value is -3.74. The van der Waals surface area contributed by atoms with Crippen molar-refractivity contribution in [1.29, 1.82) is 0 Å². The van der Waals surface area contributed by atoms with Crippen molar-refractivity contribution in [3.63, 3.8) is 0 Å². The van der Waals surface area contributed by atoms with Crippen molar-refractivity contribution in [3.8, 4) is 5.69 Å². The third-order valence-corrected chi connectivity index (χ3v) is 8.64. The molecule has 4 aromatic rings. The Morgan fingerprint density at radius 1 is 0.875 bits per heavy atom. The molecule has 2 aliphatic rings. The maximum absolute atomic E-state index is 14.3. The van der Waals surface area contributed by atoms with Crippen molar-refractivity contribution >= 4 is 16.7 Å². The zero-order valence-electron chi connectivity index (χ0n) is 23.3. The number of fused-ring (bicyclic) bond motifs is 2. The Kier molecular flexibility index (Phi) is 7.80. The Balaban J connectivity index is 1.48. The number of piperidine rings is 1. The number of para-hydroxylation sites is 1. The molecular formula is C34H38N4O2. The van der Waals surface area contributed by atoms with Gasteiger partial charge in [0.1, 0.15) is 0 Å². The zero-order chi connectivity index (χ0) is 27.5. The third-order valence-electron chi connectivity index (χ3n) is 8.64. The van der Waals surface area contributed by atoms with Crippen molar-refractivity contribution in [2.45, 2.75) is 51.2 Å². The van der Waals surface area contributed by atoms with E-state index in [1.54, 1.807) is 4.57 Å². The van der Waals surface area contributed by atoms with Crippen molar-refractivity contribution in [1.82, 2.24) is 19.7 Å². The maximum atomic E-state index is 14.3. The van der Waals surface area contributed by atoms with Crippen LogP contribution in [0.3, 0.4) is 0 Å². The average Bonchev–Trinajstić information content (AvgIpc) is 3.01. The van der Waals surface area contributed by atoms with Gasteiger partial charge >= 0.3 is 0 Å². The SMILES string of the molecule is CCC(NC(=O)c1c(CN2CCN3CCCCC3C2)n(-c2ccccc2)c(=O)c2ccccc12)c1ccccc1. The van der Waals surface area contributed by atoms with Gasteiger partial charge in [-0.15, -0.1) is 0 Å². The second-order valence-electron chi connectivity index (χ2n) is 11.1. The summed E-state index contributed by atoms with van der Waals surface area (Å²) in [5.74, 6) is -0.136. The second kappa shape index (κ2) is 11.8. The van der Waals surface area contributed by atoms with Gasteiger partial charge in [0.15, 0.2) is 0 Å². The van der Waals surface area contributed by atoms with Crippen LogP contribution in [0.25, 0.3) is 16.5 Å². The highest BCUT2D eigenvalue weighted by atomic mass is 16.2. The van der Waals surface area contributed by atoms with E-state index >= 15 is 0 Å². The molecule has 0 bridgehead atoms. The summed E-state index contributed by atoms with van der Waals surface area (Å²) >= 11 is 0. The van der Waals surface area contributed by atoms with Gasteiger partial charge in [-0.1, -0.05) is 80.1 Å². The summed E-state index contributed by atoms with van der Waals surface area (Å²) in [6, 6.07) is 27.9. The lowest BCUT2D eigenvalue weighted by molar-refractivity contribution is 0.0446. The quantitative estimate of drug-likeness (QED) is 0.338. The van der Waals surface area contributed by atoms with E-state index in [4.69, 9.17) is 0 Å². The molecular weight excluding hydrogens is 496 g/mol. The van der Waals surface area contributed by atoms with Crippen LogP contribution in [0.5, 0.6) is 0 Å². The van der Waals surface area contributed by atoms with E-state index in [1.807, 2.05) is 72.8 Å². The van der Waals surface area contributed by atoms with E-state index in [-0.39, 0.29) is 17.5 Å². The Bertz CT molecular complexity index is 1530. The fourth-order valence-corrected chi connectivity index (χ4v) is 6.56. The molecule has 2 atom stereocenters. The highest BCUT2D eigenvalue weighted by Crippen LogP contribution is 2.28. The number of nitrogens with one attached hydrogen (secondary N) is 1. The molecule has 6 rings (SSSR count). The second-order valence-corrected chi connectivity index (χ2v) is 11.1. The number of carbonyl (C=O) groups excluding carboxylic acids is 1. The summed E-state index contributed by atoms with van der Waals surface area (Å²) in [7, 11) is 0. The van der Waals surface area contributed by atoms with Gasteiger partial charge in [-0.3, -0.25) is 24.0 Å². The summed E-state index contributed by atoms with van der Waals surface area (Å²) in [4.78, 5) is 33.5. The summed E-state index contributed by atoms with van der Waals surface area (Å²) in [5, 5.41) is 4.61. The number of benzene rings is 3. The molecule has 0 spiro atoms. The van der Waals surface area contributed by atoms with Crippen LogP contribution >= 0.6 is 0 Å². The largest absolute Gasteiger partial charge is 0.345 e. The highest BCUT2D eigenvalue weighted by Gasteiger charge is 2.31. The first-order valence-corrected chi connectivity index (χ1v) is 14.7. The van der Waals surface area contributed by atoms with Crippen LogP contribution in [0, 0.1) is 0 Å². The van der Waals surface area contributed by atoms with E-state index < -0.39 is 0 Å². The van der Waals surface area contributed by atoms with E-state index in [0.29, 0.717) is 28.9 Å². The van der Waals surface area contributed by atoms with Gasteiger partial charge in [0.05, 0.1) is 17.3 Å². The van der Waals surface area contributed by atoms with Gasteiger partial charge in [0, 0.05) is 48.7 Å². The fraction of sp³-hybridized carbons (Fsp3) is 0.353. The molecule has 6 heteroatoms. The molecule has 2 fully saturated rings. The average molecular weight is 535 g/mol. The van der Waals surface area contributed by atoms with Crippen molar-refractivity contribution in [2.75, 3.05) is 26.2 Å². The molecule has 0 aliphatic carbocycles. The summed E-state index contributed by atoms with van der Waals surface area (Å²) in [6.07, 6.45) is 4.53. The minimum absolute atomic E-state index is 0.0836. The molecule has 40 heavy (non-hydrogen) atoms. The van der Waals surface area contributed by atoms with Crippen molar-refractivity contribution in [3.05, 3.63) is 112 Å². The van der Waals surface area contributed by atoms with Crippen LogP contribution in [0.15, 0.2) is 89.7 Å². The van der Waals surface area contributed by atoms with Crippen LogP contribution in [0.2, 0.25) is 0 Å². The van der Waals surface area contributed by atoms with Crippen molar-refractivity contribution < 1.29 is 4.79 Å². The molecule has 1 amide bonds. The minimum Gasteiger partial charge on any atom is -0.345 e. The molecule has 2 aliphatic heterocycles. The first-order chi connectivity index (χ1) is 19.6. The first kappa shape index (κ1) is 26.5. The van der Waals surface area contributed by atoms with Gasteiger partial charge < -0.3 is 5.32 Å². The van der Waals surface area contributed by atoms with E-state index in [9.17, 15) is 9.59 Å². The number of rotatable bonds is 7. The maximum Gasteiger partial charge on any atom is 0.263 e. The Labute approximate surface area is 236 Å². The number of hydrogen-bond acceptors (Lipinski definition) is 4. The monoisotopic (exact) mass is 534 g/mol. The van der Waals surface area contributed by atoms with Crippen LogP contribution in [-0.4, -0.2) is 52.5 Å². The molecule has 1 aromatic heterocycles. The minimum atomic E-state index is -0.136. The Morgan fingerprint density at radius 2 is 1.57 bits per heavy atom. The normalized spacial score (nSPS) is 18.8. The summed E-state index contributed by atoms with van der Waals surface area (Å²) in [6.45, 7) is 6.72. The molecule has 3 heterocycles. The van der Waals surface area contributed by atoms with E-state index in [2.05, 4.69) is 34.2 Å². The number of carbonyl (C=O) groups is 1. The number of hydrogen-bond donors (Lipinski definition) is 1. The zero-order valence-corrected chi connectivity index (χ0v) is 23.3. The summed E-state index contributed by atoms with van der Waals surface area (Å²) in [5.41, 5.74) is 3.14. The molecule has 3 aromatic carbocycles. The third kappa shape index (κ3) is 5.21. The highest BCUT2D eigenvalue weighted by molar-refractivity contribution is 6.08. The summed E-state index contributed by atoms with van der Waals surface area (Å²) < 4.78 is 1.79. The lowest BCUT2D eigenvalue weighted by atomic mass is 9.97. The standard InChI is InChI=1S/C34H38N4O2/c1-2-30(25-13-5-3-6-14-25)35-33(39)32-28-18-9-10-19-29(28)34(40)38(26-15-7-4-8-16-26)31(32)24-36-21-22-37-20-12-11-17-27(37)23-36/h3-10,13-16,18-19,27,30H,2,11-12,17,20-24H2,1H3,(H,35,39). The van der Waals surface area contributed by atoms with Gasteiger partial charge in [0.2, 0.25) is 0 Å². The van der Waals surface area contributed by atoms with Gasteiger partial charge in [0.25, 0.3) is 11.5 Å². The predicted octanol–water partition coefficient (Wildman–Crippen LogP) is 5.54. The lowest BCUT2D eigenvalue weighted by Crippen LogP contribution is -2.54. The molecule has 0 saturated carbocycles. The lowest BCUT2D eigenvalue weighted by Gasteiger charge is -2.44. The molecule has 1 N–H and O–H groups in total. The molecule has 0 radical (unpaired) electrons. The van der Waals surface area contributed by atoms with Gasteiger partial charge in [-0.2, -0.15) is 0 Å². The number of pyridine rings is 1. The Morgan fingerprint density at radius 3 is 2.33 bits per heavy atom. The molecule has 6 nitrogen and oxygen atoms in total. The van der Waals surface area contributed by atoms with Gasteiger partial charge in [-0.25, -0.2) is 0 Å². The topological polar surface area (TPSA) is 57.6 Å². The fourth-order valence-electron chi connectivity index (χ4n) is 6.56. The van der Waals surface area contributed by atoms with E-state index in [1.165, 1.54) is 25.8 Å². The van der Waals surface area contributed by atoms with E-state index in [0.717, 1.165) is 43.0 Å². The number of aromatic nitrogens is 1. The van der Waals surface area contributed by atoms with Crippen LogP contribution in [-0.2, 0) is 6.54 Å². The smallest absolute Gasteiger partial charge is 0.263 e. The molecule has 206 valence electrons. The van der Waals surface area contributed by atoms with Crippen LogP contribution in [0.4, 0.5) is 0 Å². The number of piperazine rings is 1. The van der Waals surface area contributed by atoms with Gasteiger partial charge in [-0.05, 0) is 49.6 Å². The predicted molar refractivity (Wildman–Crippen MR) is 161 cm³/mol. The molecule has 2 saturated heterocycles. The number of nitrogens with zero attached hydrogens (tertiary/aromatic N) is 3. The van der Waals surface area contributed by atoms with Crippen molar-refractivity contribution in [2.24, 2.45) is 0 Å². The molecule has 2 unspecified atom stereocenters. The van der Waals surface area contributed by atoms with Crippen LogP contribution in [0.1, 0.15) is 60.3 Å². The number of amides is 1. The first-order valence-electron chi connectivity index (χ1n) is 14.7.